The summed E-state index contributed by atoms with van der Waals surface area (Å²) in [7, 11) is 0. The minimum Gasteiger partial charge on any atom is -0.292 e. The second-order valence-electron chi connectivity index (χ2n) is 4.95. The average molecular weight is 165 g/mol. The molecular weight excluding hydrogens is 146 g/mol. The molecule has 0 saturated heterocycles. The Morgan fingerprint density at radius 2 is 2.17 bits per heavy atom. The summed E-state index contributed by atoms with van der Waals surface area (Å²) < 4.78 is 0. The molecule has 12 heavy (non-hydrogen) atoms. The Morgan fingerprint density at radius 3 is 2.67 bits per heavy atom. The Labute approximate surface area is 75.6 Å². The number of nitrogens with zero attached hydrogens (tertiary/aromatic N) is 1. The van der Waals surface area contributed by atoms with Crippen LogP contribution in [-0.4, -0.2) is 12.8 Å². The summed E-state index contributed by atoms with van der Waals surface area (Å²) in [6.45, 7) is 9.98. The van der Waals surface area contributed by atoms with E-state index in [4.69, 9.17) is 0 Å². The van der Waals surface area contributed by atoms with Gasteiger partial charge in [0.2, 0.25) is 0 Å². The van der Waals surface area contributed by atoms with Crippen molar-refractivity contribution >= 4 is 6.21 Å². The molecular formula is C11H19N. The number of hydrogen-bond acceptors (Lipinski definition) is 1. The first kappa shape index (κ1) is 9.50. The van der Waals surface area contributed by atoms with Crippen molar-refractivity contribution in [2.24, 2.45) is 16.3 Å². The van der Waals surface area contributed by atoms with E-state index in [1.54, 1.807) is 0 Å². The van der Waals surface area contributed by atoms with Crippen molar-refractivity contribution in [3.63, 3.8) is 0 Å². The second-order valence-corrected chi connectivity index (χ2v) is 4.95. The third-order valence-electron chi connectivity index (χ3n) is 1.88. The largest absolute Gasteiger partial charge is 0.292 e. The fraction of sp³-hybridized carbons (Fsp3) is 0.727. The molecule has 1 atom stereocenters. The summed E-state index contributed by atoms with van der Waals surface area (Å²) in [4.78, 5) is 4.33. The molecule has 0 spiro atoms. The molecule has 0 aliphatic carbocycles. The van der Waals surface area contributed by atoms with Crippen LogP contribution in [0.25, 0.3) is 0 Å². The summed E-state index contributed by atoms with van der Waals surface area (Å²) in [5, 5.41) is 0. The first-order valence-corrected chi connectivity index (χ1v) is 4.68. The lowest BCUT2D eigenvalue weighted by atomic mass is 9.86. The van der Waals surface area contributed by atoms with Crippen LogP contribution in [0.3, 0.4) is 0 Å². The van der Waals surface area contributed by atoms with Gasteiger partial charge in [-0.2, -0.15) is 0 Å². The Bertz CT molecular complexity index is 206. The van der Waals surface area contributed by atoms with Crippen LogP contribution in [0.15, 0.2) is 16.6 Å². The van der Waals surface area contributed by atoms with Gasteiger partial charge in [0.1, 0.15) is 0 Å². The molecule has 68 valence electrons. The lowest BCUT2D eigenvalue weighted by Gasteiger charge is -2.21. The fourth-order valence-electron chi connectivity index (χ4n) is 1.51. The molecule has 0 radical (unpaired) electrons. The molecule has 1 aliphatic heterocycles. The van der Waals surface area contributed by atoms with E-state index in [2.05, 4.69) is 38.8 Å². The topological polar surface area (TPSA) is 12.4 Å². The van der Waals surface area contributed by atoms with Crippen LogP contribution < -0.4 is 0 Å². The van der Waals surface area contributed by atoms with Gasteiger partial charge in [0.15, 0.2) is 0 Å². The van der Waals surface area contributed by atoms with Crippen LogP contribution in [0.5, 0.6) is 0 Å². The van der Waals surface area contributed by atoms with Gasteiger partial charge in [-0.15, -0.1) is 0 Å². The van der Waals surface area contributed by atoms with Gasteiger partial charge < -0.3 is 0 Å². The molecule has 1 aliphatic rings. The van der Waals surface area contributed by atoms with Gasteiger partial charge >= 0.3 is 0 Å². The molecule has 0 amide bonds. The Kier molecular flexibility index (Phi) is 2.71. The van der Waals surface area contributed by atoms with E-state index in [0.29, 0.717) is 11.3 Å². The maximum Gasteiger partial charge on any atom is 0.0449 e. The second kappa shape index (κ2) is 3.42. The Hall–Kier alpha value is -0.590. The van der Waals surface area contributed by atoms with E-state index in [-0.39, 0.29) is 0 Å². The van der Waals surface area contributed by atoms with Crippen molar-refractivity contribution in [3.05, 3.63) is 11.6 Å². The first-order valence-electron chi connectivity index (χ1n) is 4.68. The highest BCUT2D eigenvalue weighted by Gasteiger charge is 2.14. The van der Waals surface area contributed by atoms with Gasteiger partial charge in [-0.1, -0.05) is 33.8 Å². The molecule has 0 bridgehead atoms. The van der Waals surface area contributed by atoms with Crippen molar-refractivity contribution in [1.29, 1.82) is 0 Å². The summed E-state index contributed by atoms with van der Waals surface area (Å²) >= 11 is 0. The fourth-order valence-corrected chi connectivity index (χ4v) is 1.51. The summed E-state index contributed by atoms with van der Waals surface area (Å²) in [5.41, 5.74) is 1.79. The number of dihydropyridines is 1. The highest BCUT2D eigenvalue weighted by atomic mass is 14.7. The molecule has 0 unspecified atom stereocenters. The summed E-state index contributed by atoms with van der Waals surface area (Å²) in [5.74, 6) is 0.632. The predicted molar refractivity (Wildman–Crippen MR) is 54.7 cm³/mol. The first-order chi connectivity index (χ1) is 5.47. The van der Waals surface area contributed by atoms with Gasteiger partial charge in [0.25, 0.3) is 0 Å². The van der Waals surface area contributed by atoms with Crippen LogP contribution in [-0.2, 0) is 0 Å². The van der Waals surface area contributed by atoms with E-state index < -0.39 is 0 Å². The highest BCUT2D eigenvalue weighted by Crippen LogP contribution is 2.25. The highest BCUT2D eigenvalue weighted by molar-refractivity contribution is 5.79. The lowest BCUT2D eigenvalue weighted by molar-refractivity contribution is 0.413. The van der Waals surface area contributed by atoms with Crippen molar-refractivity contribution < 1.29 is 0 Å². The van der Waals surface area contributed by atoms with Crippen LogP contribution in [0, 0.1) is 11.3 Å². The smallest absolute Gasteiger partial charge is 0.0449 e. The number of hydrogen-bond donors (Lipinski definition) is 0. The van der Waals surface area contributed by atoms with Crippen LogP contribution in [0.4, 0.5) is 0 Å². The summed E-state index contributed by atoms with van der Waals surface area (Å²) in [6, 6.07) is 0. The van der Waals surface area contributed by atoms with E-state index in [1.165, 1.54) is 5.57 Å². The zero-order chi connectivity index (χ0) is 9.19. The van der Waals surface area contributed by atoms with E-state index in [1.807, 2.05) is 6.21 Å². The predicted octanol–water partition coefficient (Wildman–Crippen LogP) is 3.07. The average Bonchev–Trinajstić information content (AvgIpc) is 1.82. The van der Waals surface area contributed by atoms with Crippen molar-refractivity contribution in [2.75, 3.05) is 6.54 Å². The van der Waals surface area contributed by atoms with Crippen LogP contribution >= 0.6 is 0 Å². The van der Waals surface area contributed by atoms with Gasteiger partial charge in [-0.3, -0.25) is 4.99 Å². The molecule has 1 rings (SSSR count). The maximum absolute atomic E-state index is 4.33. The van der Waals surface area contributed by atoms with Crippen molar-refractivity contribution in [2.45, 2.75) is 34.1 Å². The zero-order valence-corrected chi connectivity index (χ0v) is 8.59. The standard InChI is InChI=1S/C11H19N/c1-9-5-10(8-12-7-9)6-11(2,3)4/h5,8-9H,6-7H2,1-4H3/t9-/m1/s1. The van der Waals surface area contributed by atoms with Gasteiger partial charge in [-0.25, -0.2) is 0 Å². The molecule has 0 aromatic carbocycles. The third kappa shape index (κ3) is 3.21. The van der Waals surface area contributed by atoms with Crippen LogP contribution in [0.2, 0.25) is 0 Å². The van der Waals surface area contributed by atoms with Gasteiger partial charge in [0.05, 0.1) is 0 Å². The number of allylic oxidation sites excluding steroid dienone is 1. The molecule has 1 heteroatoms. The van der Waals surface area contributed by atoms with Crippen molar-refractivity contribution in [1.82, 2.24) is 0 Å². The Morgan fingerprint density at radius 1 is 1.50 bits per heavy atom. The molecule has 1 nitrogen and oxygen atoms in total. The normalized spacial score (nSPS) is 24.0. The maximum atomic E-state index is 4.33. The van der Waals surface area contributed by atoms with Crippen LogP contribution in [0.1, 0.15) is 34.1 Å². The van der Waals surface area contributed by atoms with E-state index >= 15 is 0 Å². The quantitative estimate of drug-likeness (QED) is 0.566. The van der Waals surface area contributed by atoms with E-state index in [9.17, 15) is 0 Å². The molecule has 0 aromatic heterocycles. The number of rotatable bonds is 1. The zero-order valence-electron chi connectivity index (χ0n) is 8.59. The molecule has 0 N–H and O–H groups in total. The molecule has 0 saturated carbocycles. The molecule has 0 aromatic rings. The van der Waals surface area contributed by atoms with Crippen molar-refractivity contribution in [3.8, 4) is 0 Å². The summed E-state index contributed by atoms with van der Waals surface area (Å²) in [6.07, 6.45) is 5.52. The van der Waals surface area contributed by atoms with E-state index in [0.717, 1.165) is 13.0 Å². The third-order valence-corrected chi connectivity index (χ3v) is 1.88. The number of aliphatic imine (C=N–C) groups is 1. The minimum absolute atomic E-state index is 0.384. The van der Waals surface area contributed by atoms with Gasteiger partial charge in [0, 0.05) is 12.8 Å². The SMILES string of the molecule is C[C@@H]1C=C(CC(C)(C)C)C=NC1. The minimum atomic E-state index is 0.384. The molecule has 1 heterocycles. The monoisotopic (exact) mass is 165 g/mol. The van der Waals surface area contributed by atoms with Gasteiger partial charge in [-0.05, 0) is 23.3 Å². The Balaban J connectivity index is 2.58. The lowest BCUT2D eigenvalue weighted by Crippen LogP contribution is -2.11. The molecule has 0 fully saturated rings.